The van der Waals surface area contributed by atoms with Crippen LogP contribution in [0, 0.1) is 0 Å². The molecule has 0 aliphatic heterocycles. The van der Waals surface area contributed by atoms with Crippen molar-refractivity contribution in [3.8, 4) is 22.5 Å². The van der Waals surface area contributed by atoms with Gasteiger partial charge >= 0.3 is 5.97 Å². The predicted octanol–water partition coefficient (Wildman–Crippen LogP) is 5.11. The first-order valence-corrected chi connectivity index (χ1v) is 11.6. The first kappa shape index (κ1) is 23.1. The molecule has 0 radical (unpaired) electrons. The molecule has 0 bridgehead atoms. The lowest BCUT2D eigenvalue weighted by atomic mass is 10.0. The number of nitrogens with zero attached hydrogens (tertiary/aromatic N) is 3. The van der Waals surface area contributed by atoms with Gasteiger partial charge in [-0.15, -0.1) is 10.2 Å². The lowest BCUT2D eigenvalue weighted by Crippen LogP contribution is -2.15. The van der Waals surface area contributed by atoms with E-state index in [2.05, 4.69) is 15.5 Å². The number of anilines is 1. The van der Waals surface area contributed by atoms with Crippen LogP contribution in [0.5, 0.6) is 0 Å². The molecule has 8 heteroatoms. The number of carbonyl (C=O) groups is 2. The van der Waals surface area contributed by atoms with Gasteiger partial charge in [0.15, 0.2) is 0 Å². The molecule has 0 unspecified atom stereocenters. The lowest BCUT2D eigenvalue weighted by Gasteiger charge is -2.10. The van der Waals surface area contributed by atoms with Crippen LogP contribution in [-0.2, 0) is 9.53 Å². The van der Waals surface area contributed by atoms with Gasteiger partial charge in [-0.1, -0.05) is 84.6 Å². The highest BCUT2D eigenvalue weighted by atomic mass is 32.2. The second-order valence-corrected chi connectivity index (χ2v) is 8.27. The van der Waals surface area contributed by atoms with Crippen molar-refractivity contribution in [2.24, 2.45) is 0 Å². The Morgan fingerprint density at radius 1 is 0.824 bits per heavy atom. The fraction of sp³-hybridized carbons (Fsp3) is 0.115. The van der Waals surface area contributed by atoms with Crippen LogP contribution >= 0.6 is 11.8 Å². The third-order valence-corrected chi connectivity index (χ3v) is 5.77. The van der Waals surface area contributed by atoms with Gasteiger partial charge < -0.3 is 10.1 Å². The molecule has 0 saturated heterocycles. The minimum absolute atomic E-state index is 0.213. The van der Waals surface area contributed by atoms with Gasteiger partial charge in [0.2, 0.25) is 11.1 Å². The number of hydrogen-bond acceptors (Lipinski definition) is 7. The SMILES string of the molecule is COC(=O)c1ccccc1NC(=O)CCSc1nnc(-c2ccccc2)c(-c2ccccc2)n1. The van der Waals surface area contributed by atoms with Crippen molar-refractivity contribution < 1.29 is 14.3 Å². The van der Waals surface area contributed by atoms with E-state index in [0.717, 1.165) is 16.8 Å². The van der Waals surface area contributed by atoms with E-state index in [-0.39, 0.29) is 12.3 Å². The number of hydrogen-bond donors (Lipinski definition) is 1. The maximum atomic E-state index is 12.5. The minimum atomic E-state index is -0.503. The van der Waals surface area contributed by atoms with Crippen LogP contribution in [0.15, 0.2) is 90.1 Å². The molecule has 1 heterocycles. The van der Waals surface area contributed by atoms with Gasteiger partial charge in [-0.05, 0) is 12.1 Å². The summed E-state index contributed by atoms with van der Waals surface area (Å²) >= 11 is 1.35. The van der Waals surface area contributed by atoms with E-state index in [4.69, 9.17) is 9.72 Å². The number of rotatable bonds is 8. The van der Waals surface area contributed by atoms with Crippen LogP contribution < -0.4 is 5.32 Å². The highest BCUT2D eigenvalue weighted by Gasteiger charge is 2.15. The van der Waals surface area contributed by atoms with Crippen molar-refractivity contribution in [1.82, 2.24) is 15.2 Å². The van der Waals surface area contributed by atoms with Crippen LogP contribution in [0.2, 0.25) is 0 Å². The average molecular weight is 471 g/mol. The fourth-order valence-corrected chi connectivity index (χ4v) is 4.01. The normalized spacial score (nSPS) is 10.5. The highest BCUT2D eigenvalue weighted by molar-refractivity contribution is 7.99. The molecule has 1 amide bonds. The van der Waals surface area contributed by atoms with Crippen molar-refractivity contribution in [3.05, 3.63) is 90.5 Å². The Kier molecular flexibility index (Phi) is 7.62. The Labute approximate surface area is 201 Å². The van der Waals surface area contributed by atoms with Gasteiger partial charge in [0.25, 0.3) is 0 Å². The zero-order valence-electron chi connectivity index (χ0n) is 18.5. The molecule has 0 fully saturated rings. The number of aromatic nitrogens is 3. The van der Waals surface area contributed by atoms with E-state index in [9.17, 15) is 9.59 Å². The smallest absolute Gasteiger partial charge is 0.339 e. The Morgan fingerprint density at radius 2 is 1.44 bits per heavy atom. The number of benzene rings is 3. The number of nitrogens with one attached hydrogen (secondary N) is 1. The molecule has 170 valence electrons. The molecule has 0 aliphatic carbocycles. The van der Waals surface area contributed by atoms with Crippen molar-refractivity contribution >= 4 is 29.3 Å². The van der Waals surface area contributed by atoms with Crippen molar-refractivity contribution in [2.75, 3.05) is 18.2 Å². The van der Waals surface area contributed by atoms with Gasteiger partial charge in [0.05, 0.1) is 18.4 Å². The summed E-state index contributed by atoms with van der Waals surface area (Å²) in [6, 6.07) is 26.4. The Morgan fingerprint density at radius 3 is 2.12 bits per heavy atom. The number of thioether (sulfide) groups is 1. The summed E-state index contributed by atoms with van der Waals surface area (Å²) < 4.78 is 4.77. The molecule has 0 aliphatic rings. The summed E-state index contributed by atoms with van der Waals surface area (Å²) in [6.45, 7) is 0. The second-order valence-electron chi connectivity index (χ2n) is 7.21. The quantitative estimate of drug-likeness (QED) is 0.282. The van der Waals surface area contributed by atoms with E-state index in [1.807, 2.05) is 60.7 Å². The van der Waals surface area contributed by atoms with Crippen LogP contribution in [0.3, 0.4) is 0 Å². The molecular formula is C26H22N4O3S. The highest BCUT2D eigenvalue weighted by Crippen LogP contribution is 2.29. The summed E-state index contributed by atoms with van der Waals surface area (Å²) in [5.41, 5.74) is 4.04. The van der Waals surface area contributed by atoms with Crippen LogP contribution in [0.25, 0.3) is 22.5 Å². The molecule has 0 saturated carbocycles. The molecule has 4 aromatic rings. The molecule has 4 rings (SSSR count). The zero-order chi connectivity index (χ0) is 23.8. The first-order chi connectivity index (χ1) is 16.7. The summed E-state index contributed by atoms with van der Waals surface area (Å²) in [6.07, 6.45) is 0.213. The van der Waals surface area contributed by atoms with Crippen molar-refractivity contribution in [2.45, 2.75) is 11.6 Å². The van der Waals surface area contributed by atoms with Gasteiger partial charge in [-0.2, -0.15) is 0 Å². The van der Waals surface area contributed by atoms with E-state index in [1.165, 1.54) is 18.9 Å². The topological polar surface area (TPSA) is 94.1 Å². The van der Waals surface area contributed by atoms with Gasteiger partial charge in [0, 0.05) is 23.3 Å². The van der Waals surface area contributed by atoms with Crippen LogP contribution in [-0.4, -0.2) is 39.9 Å². The minimum Gasteiger partial charge on any atom is -0.465 e. The van der Waals surface area contributed by atoms with E-state index in [1.54, 1.807) is 24.3 Å². The third-order valence-electron chi connectivity index (χ3n) is 4.93. The average Bonchev–Trinajstić information content (AvgIpc) is 2.89. The number of esters is 1. The standard InChI is InChI=1S/C26H22N4O3S/c1-33-25(32)20-14-8-9-15-21(20)27-22(31)16-17-34-26-28-23(18-10-4-2-5-11-18)24(29-30-26)19-12-6-3-7-13-19/h2-15H,16-17H2,1H3,(H,27,31). The molecule has 1 N–H and O–H groups in total. The molecule has 7 nitrogen and oxygen atoms in total. The summed E-state index contributed by atoms with van der Waals surface area (Å²) in [5.74, 6) is -0.273. The Balaban J connectivity index is 1.46. The van der Waals surface area contributed by atoms with Crippen molar-refractivity contribution in [1.29, 1.82) is 0 Å². The molecule has 3 aromatic carbocycles. The Bertz CT molecular complexity index is 1280. The van der Waals surface area contributed by atoms with Gasteiger partial charge in [0.1, 0.15) is 11.4 Å². The lowest BCUT2D eigenvalue weighted by molar-refractivity contribution is -0.115. The first-order valence-electron chi connectivity index (χ1n) is 10.6. The van der Waals surface area contributed by atoms with Gasteiger partial charge in [-0.25, -0.2) is 9.78 Å². The van der Waals surface area contributed by atoms with E-state index >= 15 is 0 Å². The van der Waals surface area contributed by atoms with Gasteiger partial charge in [-0.3, -0.25) is 4.79 Å². The van der Waals surface area contributed by atoms with Crippen LogP contribution in [0.4, 0.5) is 5.69 Å². The fourth-order valence-electron chi connectivity index (χ4n) is 3.29. The number of carbonyl (C=O) groups excluding carboxylic acids is 2. The maximum Gasteiger partial charge on any atom is 0.339 e. The number of amides is 1. The molecule has 0 spiro atoms. The number of ether oxygens (including phenoxy) is 1. The monoisotopic (exact) mass is 470 g/mol. The number of para-hydroxylation sites is 1. The maximum absolute atomic E-state index is 12.5. The molecular weight excluding hydrogens is 448 g/mol. The van der Waals surface area contributed by atoms with Crippen molar-refractivity contribution in [3.63, 3.8) is 0 Å². The predicted molar refractivity (Wildman–Crippen MR) is 132 cm³/mol. The summed E-state index contributed by atoms with van der Waals surface area (Å²) in [5, 5.41) is 12.0. The van der Waals surface area contributed by atoms with E-state index in [0.29, 0.717) is 27.9 Å². The van der Waals surface area contributed by atoms with Crippen LogP contribution in [0.1, 0.15) is 16.8 Å². The zero-order valence-corrected chi connectivity index (χ0v) is 19.3. The number of methoxy groups -OCH3 is 1. The Hall–Kier alpha value is -4.04. The second kappa shape index (κ2) is 11.2. The van der Waals surface area contributed by atoms with E-state index < -0.39 is 5.97 Å². The molecule has 1 aromatic heterocycles. The largest absolute Gasteiger partial charge is 0.465 e. The summed E-state index contributed by atoms with van der Waals surface area (Å²) in [4.78, 5) is 29.1. The molecule has 34 heavy (non-hydrogen) atoms. The third kappa shape index (κ3) is 5.65. The molecule has 0 atom stereocenters. The summed E-state index contributed by atoms with van der Waals surface area (Å²) in [7, 11) is 1.30.